The van der Waals surface area contributed by atoms with E-state index in [9.17, 15) is 14.9 Å². The Morgan fingerprint density at radius 2 is 1.81 bits per heavy atom. The molecule has 3 aromatic carbocycles. The van der Waals surface area contributed by atoms with Crippen LogP contribution in [0.15, 0.2) is 76.6 Å². The molecule has 9 heteroatoms. The van der Waals surface area contributed by atoms with Gasteiger partial charge in [-0.15, -0.1) is 0 Å². The van der Waals surface area contributed by atoms with Gasteiger partial charge in [0.2, 0.25) is 5.75 Å². The number of rotatable bonds is 7. The molecule has 8 nitrogen and oxygen atoms in total. The zero-order valence-corrected chi connectivity index (χ0v) is 20.8. The lowest BCUT2D eigenvalue weighted by Crippen LogP contribution is -2.25. The van der Waals surface area contributed by atoms with Crippen LogP contribution in [0.5, 0.6) is 5.75 Å². The standard InChI is InChI=1S/C28H25ClN4O4/c29-23-15-20(16-25(33(35)36)26(23)37-18-19-9-3-1-4-10-19)17-30-32-27(21-11-5-2-6-12-21)31-24-14-8-7-13-22(24)28(32)34/h1,3-4,7-10,13-17,21H,2,5-6,11-12,18H2. The second-order valence-corrected chi connectivity index (χ2v) is 9.47. The van der Waals surface area contributed by atoms with E-state index in [0.29, 0.717) is 22.3 Å². The SMILES string of the molecule is O=c1c2ccccc2nc(C2CCCCC2)n1N=Cc1cc(Cl)c(OCc2ccccc2)c([N+](=O)[O-])c1. The molecule has 0 unspecified atom stereocenters. The second-order valence-electron chi connectivity index (χ2n) is 9.07. The summed E-state index contributed by atoms with van der Waals surface area (Å²) >= 11 is 6.42. The summed E-state index contributed by atoms with van der Waals surface area (Å²) in [6.45, 7) is 0.137. The summed E-state index contributed by atoms with van der Waals surface area (Å²) in [5, 5.41) is 16.8. The number of benzene rings is 3. The van der Waals surface area contributed by atoms with Gasteiger partial charge in [-0.2, -0.15) is 9.78 Å². The van der Waals surface area contributed by atoms with E-state index < -0.39 is 4.92 Å². The molecule has 0 atom stereocenters. The Bertz CT molecular complexity index is 1530. The number of hydrogen-bond donors (Lipinski definition) is 0. The quantitative estimate of drug-likeness (QED) is 0.159. The fraction of sp³-hybridized carbons (Fsp3) is 0.250. The highest BCUT2D eigenvalue weighted by Gasteiger charge is 2.23. The Morgan fingerprint density at radius 3 is 2.57 bits per heavy atom. The van der Waals surface area contributed by atoms with Gasteiger partial charge >= 0.3 is 5.69 Å². The maximum atomic E-state index is 13.4. The molecule has 1 aliphatic rings. The predicted molar refractivity (Wildman–Crippen MR) is 144 cm³/mol. The number of para-hydroxylation sites is 1. The maximum Gasteiger partial charge on any atom is 0.313 e. The van der Waals surface area contributed by atoms with E-state index >= 15 is 0 Å². The lowest BCUT2D eigenvalue weighted by atomic mass is 9.88. The van der Waals surface area contributed by atoms with E-state index in [1.54, 1.807) is 12.1 Å². The average Bonchev–Trinajstić information content (AvgIpc) is 2.92. The van der Waals surface area contributed by atoms with Gasteiger partial charge in [0.1, 0.15) is 12.4 Å². The third-order valence-electron chi connectivity index (χ3n) is 6.54. The number of fused-ring (bicyclic) bond motifs is 1. The minimum Gasteiger partial charge on any atom is -0.481 e. The van der Waals surface area contributed by atoms with Crippen LogP contribution in [-0.4, -0.2) is 20.8 Å². The molecule has 0 aliphatic heterocycles. The Morgan fingerprint density at radius 1 is 1.08 bits per heavy atom. The summed E-state index contributed by atoms with van der Waals surface area (Å²) in [5.74, 6) is 0.720. The highest BCUT2D eigenvalue weighted by atomic mass is 35.5. The molecule has 1 aliphatic carbocycles. The number of nitro benzene ring substituents is 1. The Balaban J connectivity index is 1.52. The number of nitrogens with zero attached hydrogens (tertiary/aromatic N) is 4. The van der Waals surface area contributed by atoms with Gasteiger partial charge in [0.15, 0.2) is 0 Å². The molecular formula is C28H25ClN4O4. The molecule has 4 aromatic rings. The maximum absolute atomic E-state index is 13.4. The minimum absolute atomic E-state index is 0.0138. The van der Waals surface area contributed by atoms with Crippen molar-refractivity contribution in [1.82, 2.24) is 9.66 Å². The van der Waals surface area contributed by atoms with Crippen LogP contribution in [0.1, 0.15) is 55.0 Å². The molecule has 37 heavy (non-hydrogen) atoms. The molecule has 1 heterocycles. The van der Waals surface area contributed by atoms with E-state index in [1.165, 1.54) is 29.4 Å². The van der Waals surface area contributed by atoms with Crippen molar-refractivity contribution < 1.29 is 9.66 Å². The Hall–Kier alpha value is -4.04. The second kappa shape index (κ2) is 10.9. The molecular weight excluding hydrogens is 492 g/mol. The first-order chi connectivity index (χ1) is 18.0. The molecule has 1 aromatic heterocycles. The van der Waals surface area contributed by atoms with Crippen LogP contribution in [-0.2, 0) is 6.61 Å². The highest BCUT2D eigenvalue weighted by molar-refractivity contribution is 6.32. The number of nitro groups is 1. The monoisotopic (exact) mass is 516 g/mol. The topological polar surface area (TPSA) is 99.6 Å². The van der Waals surface area contributed by atoms with Gasteiger partial charge in [-0.1, -0.05) is 73.3 Å². The first kappa shape index (κ1) is 24.6. The lowest BCUT2D eigenvalue weighted by molar-refractivity contribution is -0.385. The first-order valence-corrected chi connectivity index (χ1v) is 12.6. The van der Waals surface area contributed by atoms with Crippen molar-refractivity contribution in [3.05, 3.63) is 109 Å². The summed E-state index contributed by atoms with van der Waals surface area (Å²) in [4.78, 5) is 29.5. The van der Waals surface area contributed by atoms with Crippen LogP contribution in [0.25, 0.3) is 10.9 Å². The van der Waals surface area contributed by atoms with E-state index in [2.05, 4.69) is 5.10 Å². The summed E-state index contributed by atoms with van der Waals surface area (Å²) in [6, 6.07) is 19.4. The Labute approximate surface area is 218 Å². The fourth-order valence-electron chi connectivity index (χ4n) is 4.68. The number of ether oxygens (including phenoxy) is 1. The van der Waals surface area contributed by atoms with E-state index in [-0.39, 0.29) is 34.5 Å². The number of halogens is 1. The third kappa shape index (κ3) is 5.39. The molecule has 0 saturated heterocycles. The molecule has 0 bridgehead atoms. The predicted octanol–water partition coefficient (Wildman–Crippen LogP) is 6.47. The normalized spacial score (nSPS) is 14.3. The average molecular weight is 517 g/mol. The van der Waals surface area contributed by atoms with E-state index in [4.69, 9.17) is 21.3 Å². The van der Waals surface area contributed by atoms with Crippen molar-refractivity contribution in [2.24, 2.45) is 5.10 Å². The van der Waals surface area contributed by atoms with Crippen molar-refractivity contribution in [3.8, 4) is 5.75 Å². The largest absolute Gasteiger partial charge is 0.481 e. The van der Waals surface area contributed by atoms with Crippen LogP contribution in [0.2, 0.25) is 5.02 Å². The molecule has 188 valence electrons. The van der Waals surface area contributed by atoms with E-state index in [0.717, 1.165) is 31.2 Å². The molecule has 0 radical (unpaired) electrons. The first-order valence-electron chi connectivity index (χ1n) is 12.2. The summed E-state index contributed by atoms with van der Waals surface area (Å²) in [7, 11) is 0. The molecule has 1 saturated carbocycles. The zero-order valence-electron chi connectivity index (χ0n) is 20.0. The van der Waals surface area contributed by atoms with Gasteiger partial charge in [-0.25, -0.2) is 4.98 Å². The third-order valence-corrected chi connectivity index (χ3v) is 6.82. The van der Waals surface area contributed by atoms with Crippen LogP contribution < -0.4 is 10.3 Å². The van der Waals surface area contributed by atoms with E-state index in [1.807, 2.05) is 42.5 Å². The lowest BCUT2D eigenvalue weighted by Gasteiger charge is -2.22. The van der Waals surface area contributed by atoms with Gasteiger partial charge in [-0.05, 0) is 36.6 Å². The molecule has 0 spiro atoms. The Kier molecular flexibility index (Phi) is 7.28. The van der Waals surface area contributed by atoms with Crippen LogP contribution in [0.4, 0.5) is 5.69 Å². The van der Waals surface area contributed by atoms with Crippen molar-refractivity contribution in [1.29, 1.82) is 0 Å². The molecule has 5 rings (SSSR count). The summed E-state index contributed by atoms with van der Waals surface area (Å²) in [6.07, 6.45) is 6.59. The highest BCUT2D eigenvalue weighted by Crippen LogP contribution is 2.36. The zero-order chi connectivity index (χ0) is 25.8. The van der Waals surface area contributed by atoms with Crippen molar-refractivity contribution in [2.75, 3.05) is 0 Å². The molecule has 0 amide bonds. The molecule has 0 N–H and O–H groups in total. The van der Waals surface area contributed by atoms with Gasteiger partial charge < -0.3 is 4.74 Å². The van der Waals surface area contributed by atoms with Gasteiger partial charge in [0, 0.05) is 17.5 Å². The minimum atomic E-state index is -0.541. The van der Waals surface area contributed by atoms with Gasteiger partial charge in [0.25, 0.3) is 5.56 Å². The summed E-state index contributed by atoms with van der Waals surface area (Å²) in [5.41, 5.74) is 1.32. The fourth-order valence-corrected chi connectivity index (χ4v) is 4.96. The van der Waals surface area contributed by atoms with Crippen molar-refractivity contribution >= 4 is 34.4 Å². The van der Waals surface area contributed by atoms with Crippen LogP contribution in [0, 0.1) is 10.1 Å². The molecule has 1 fully saturated rings. The number of hydrogen-bond acceptors (Lipinski definition) is 6. The van der Waals surface area contributed by atoms with Gasteiger partial charge in [0.05, 0.1) is 27.1 Å². The van der Waals surface area contributed by atoms with Crippen LogP contribution >= 0.6 is 11.6 Å². The van der Waals surface area contributed by atoms with Crippen molar-refractivity contribution in [3.63, 3.8) is 0 Å². The van der Waals surface area contributed by atoms with Crippen molar-refractivity contribution in [2.45, 2.75) is 44.6 Å². The van der Waals surface area contributed by atoms with Gasteiger partial charge in [-0.3, -0.25) is 14.9 Å². The smallest absolute Gasteiger partial charge is 0.313 e. The number of aromatic nitrogens is 2. The summed E-state index contributed by atoms with van der Waals surface area (Å²) < 4.78 is 7.05. The van der Waals surface area contributed by atoms with Crippen LogP contribution in [0.3, 0.4) is 0 Å².